The number of nitrogens with zero attached hydrogens (tertiary/aromatic N) is 2. The van der Waals surface area contributed by atoms with Crippen LogP contribution in [0.25, 0.3) is 0 Å². The zero-order chi connectivity index (χ0) is 29.5. The van der Waals surface area contributed by atoms with Crippen LogP contribution in [0.1, 0.15) is 44.2 Å². The van der Waals surface area contributed by atoms with Crippen LogP contribution in [0, 0.1) is 23.0 Å². The molecule has 0 atom stereocenters. The maximum atomic E-state index is 14.0. The van der Waals surface area contributed by atoms with Crippen LogP contribution in [0.5, 0.6) is 5.75 Å². The lowest BCUT2D eigenvalue weighted by Crippen LogP contribution is -2.42. The Labute approximate surface area is 230 Å². The third-order valence-corrected chi connectivity index (χ3v) is 7.25. The average molecular weight is 571 g/mol. The van der Waals surface area contributed by atoms with Gasteiger partial charge in [-0.15, -0.1) is 0 Å². The van der Waals surface area contributed by atoms with Gasteiger partial charge < -0.3 is 14.7 Å². The summed E-state index contributed by atoms with van der Waals surface area (Å²) in [4.78, 5) is 26.0. The molecule has 0 aromatic heterocycles. The minimum atomic E-state index is -5.08. The van der Waals surface area contributed by atoms with E-state index in [-0.39, 0.29) is 23.3 Å². The minimum Gasteiger partial charge on any atom is -0.493 e. The zero-order valence-electron chi connectivity index (χ0n) is 22.6. The van der Waals surface area contributed by atoms with E-state index in [1.165, 1.54) is 17.7 Å². The van der Waals surface area contributed by atoms with Crippen molar-refractivity contribution in [2.45, 2.75) is 52.3 Å². The second kappa shape index (κ2) is 13.4. The number of hydrogen-bond acceptors (Lipinski definition) is 4. The molecule has 0 unspecified atom stereocenters. The third-order valence-electron chi connectivity index (χ3n) is 7.25. The molecule has 11 heteroatoms. The number of piperidine rings is 1. The average Bonchev–Trinajstić information content (AvgIpc) is 3.30. The van der Waals surface area contributed by atoms with E-state index >= 15 is 0 Å². The molecule has 1 amide bonds. The number of carbonyl (C=O) groups is 2. The van der Waals surface area contributed by atoms with Crippen LogP contribution in [0.4, 0.5) is 22.0 Å². The number of hydrogen-bond donors (Lipinski definition) is 1. The molecule has 6 nitrogen and oxygen atoms in total. The van der Waals surface area contributed by atoms with Crippen LogP contribution in [-0.4, -0.2) is 65.7 Å². The standard InChI is InChI=1S/C27H34F2N2O2.C2HF3O2/c1-20(2)18-33-25-6-4-3-5-22(25)17-30-12-9-27(10-13-30)11-14-31(19-27)26(32)15-21-7-8-23(28)16-24(21)29;3-2(4,5)1(6)7/h3-8,16,20H,9-15,17-19H2,1-2H3;(H,6,7). The van der Waals surface area contributed by atoms with Crippen LogP contribution >= 0.6 is 0 Å². The molecule has 220 valence electrons. The molecule has 0 bridgehead atoms. The van der Waals surface area contributed by atoms with Crippen LogP contribution < -0.4 is 4.74 Å². The van der Waals surface area contributed by atoms with Crippen molar-refractivity contribution in [3.8, 4) is 5.75 Å². The Morgan fingerprint density at radius 3 is 2.23 bits per heavy atom. The Hall–Kier alpha value is -3.21. The van der Waals surface area contributed by atoms with Crippen molar-refractivity contribution >= 4 is 11.9 Å². The van der Waals surface area contributed by atoms with Gasteiger partial charge in [0, 0.05) is 31.3 Å². The molecule has 2 aromatic carbocycles. The summed E-state index contributed by atoms with van der Waals surface area (Å²) >= 11 is 0. The van der Waals surface area contributed by atoms with E-state index in [1.807, 2.05) is 17.0 Å². The molecular weight excluding hydrogens is 535 g/mol. The number of aliphatic carboxylic acids is 1. The maximum absolute atomic E-state index is 14.0. The predicted octanol–water partition coefficient (Wildman–Crippen LogP) is 5.69. The number of carboxylic acids is 1. The summed E-state index contributed by atoms with van der Waals surface area (Å²) < 4.78 is 64.9. The van der Waals surface area contributed by atoms with Gasteiger partial charge in [0.15, 0.2) is 0 Å². The highest BCUT2D eigenvalue weighted by molar-refractivity contribution is 5.79. The van der Waals surface area contributed by atoms with E-state index in [0.717, 1.165) is 57.3 Å². The fraction of sp³-hybridized carbons (Fsp3) is 0.517. The zero-order valence-corrected chi connectivity index (χ0v) is 22.6. The number of ether oxygens (including phenoxy) is 1. The molecule has 40 heavy (non-hydrogen) atoms. The van der Waals surface area contributed by atoms with Crippen molar-refractivity contribution in [1.82, 2.24) is 9.80 Å². The van der Waals surface area contributed by atoms with Gasteiger partial charge in [-0.2, -0.15) is 13.2 Å². The highest BCUT2D eigenvalue weighted by Crippen LogP contribution is 2.41. The molecule has 2 fully saturated rings. The number of alkyl halides is 3. The predicted molar refractivity (Wildman–Crippen MR) is 139 cm³/mol. The second-order valence-corrected chi connectivity index (χ2v) is 10.9. The van der Waals surface area contributed by atoms with E-state index < -0.39 is 23.8 Å². The quantitative estimate of drug-likeness (QED) is 0.434. The number of carboxylic acid groups (broad SMARTS) is 1. The first-order chi connectivity index (χ1) is 18.8. The first-order valence-corrected chi connectivity index (χ1v) is 13.2. The molecule has 2 aliphatic rings. The summed E-state index contributed by atoms with van der Waals surface area (Å²) in [6.45, 7) is 9.32. The molecule has 0 aliphatic carbocycles. The molecule has 4 rings (SSSR count). The largest absolute Gasteiger partial charge is 0.493 e. The number of benzene rings is 2. The summed E-state index contributed by atoms with van der Waals surface area (Å²) in [6.07, 6.45) is -2.00. The molecule has 1 spiro atoms. The van der Waals surface area contributed by atoms with E-state index in [1.54, 1.807) is 0 Å². The Morgan fingerprint density at radius 2 is 1.62 bits per heavy atom. The number of carbonyl (C=O) groups excluding carboxylic acids is 1. The van der Waals surface area contributed by atoms with E-state index in [4.69, 9.17) is 14.6 Å². The minimum absolute atomic E-state index is 0.0124. The van der Waals surface area contributed by atoms with Gasteiger partial charge in [0.1, 0.15) is 17.4 Å². The van der Waals surface area contributed by atoms with Gasteiger partial charge >= 0.3 is 12.1 Å². The first kappa shape index (κ1) is 31.3. The Morgan fingerprint density at radius 1 is 1.00 bits per heavy atom. The molecule has 2 saturated heterocycles. The lowest BCUT2D eigenvalue weighted by atomic mass is 9.77. The lowest BCUT2D eigenvalue weighted by Gasteiger charge is -2.39. The van der Waals surface area contributed by atoms with Gasteiger partial charge in [-0.1, -0.05) is 38.1 Å². The highest BCUT2D eigenvalue weighted by atomic mass is 19.4. The summed E-state index contributed by atoms with van der Waals surface area (Å²) in [5.41, 5.74) is 1.63. The van der Waals surface area contributed by atoms with Crippen molar-refractivity contribution in [2.75, 3.05) is 32.8 Å². The molecule has 1 N–H and O–H groups in total. The fourth-order valence-electron chi connectivity index (χ4n) is 4.95. The second-order valence-electron chi connectivity index (χ2n) is 10.9. The number of amides is 1. The smallest absolute Gasteiger partial charge is 0.490 e. The summed E-state index contributed by atoms with van der Waals surface area (Å²) in [5.74, 6) is -2.64. The van der Waals surface area contributed by atoms with Crippen molar-refractivity contribution < 1.29 is 41.4 Å². The highest BCUT2D eigenvalue weighted by Gasteiger charge is 2.42. The van der Waals surface area contributed by atoms with Gasteiger partial charge in [-0.25, -0.2) is 13.6 Å². The summed E-state index contributed by atoms with van der Waals surface area (Å²) in [6, 6.07) is 11.7. The topological polar surface area (TPSA) is 70.1 Å². The van der Waals surface area contributed by atoms with Gasteiger partial charge in [-0.3, -0.25) is 9.69 Å². The molecule has 0 saturated carbocycles. The molecular formula is C29H35F5N2O4. The Bertz CT molecular complexity index is 1160. The van der Waals surface area contributed by atoms with Crippen molar-refractivity contribution in [3.05, 3.63) is 65.2 Å². The monoisotopic (exact) mass is 570 g/mol. The van der Waals surface area contributed by atoms with Gasteiger partial charge in [-0.05, 0) is 61.4 Å². The van der Waals surface area contributed by atoms with Gasteiger partial charge in [0.25, 0.3) is 0 Å². The molecule has 0 radical (unpaired) electrons. The van der Waals surface area contributed by atoms with E-state index in [2.05, 4.69) is 30.9 Å². The normalized spacial score (nSPS) is 17.1. The maximum Gasteiger partial charge on any atom is 0.490 e. The van der Waals surface area contributed by atoms with Crippen LogP contribution in [0.2, 0.25) is 0 Å². The van der Waals surface area contributed by atoms with Crippen molar-refractivity contribution in [2.24, 2.45) is 11.3 Å². The van der Waals surface area contributed by atoms with E-state index in [0.29, 0.717) is 19.1 Å². The lowest BCUT2D eigenvalue weighted by molar-refractivity contribution is -0.192. The summed E-state index contributed by atoms with van der Waals surface area (Å²) in [7, 11) is 0. The molecule has 2 aromatic rings. The number of rotatable bonds is 7. The third kappa shape index (κ3) is 8.90. The Kier molecular flexibility index (Phi) is 10.5. The van der Waals surface area contributed by atoms with Gasteiger partial charge in [0.2, 0.25) is 5.91 Å². The SMILES string of the molecule is CC(C)COc1ccccc1CN1CCC2(CC1)CCN(C(=O)Cc1ccc(F)cc1F)C2.O=C(O)C(F)(F)F. The van der Waals surface area contributed by atoms with Crippen LogP contribution in [0.3, 0.4) is 0 Å². The Balaban J connectivity index is 0.000000559. The van der Waals surface area contributed by atoms with Gasteiger partial charge in [0.05, 0.1) is 13.0 Å². The van der Waals surface area contributed by atoms with Crippen molar-refractivity contribution in [3.63, 3.8) is 0 Å². The number of halogens is 5. The molecule has 2 aliphatic heterocycles. The summed E-state index contributed by atoms with van der Waals surface area (Å²) in [5, 5.41) is 7.12. The van der Waals surface area contributed by atoms with Crippen LogP contribution in [-0.2, 0) is 22.6 Å². The van der Waals surface area contributed by atoms with E-state index in [9.17, 15) is 26.7 Å². The van der Waals surface area contributed by atoms with Crippen LogP contribution in [0.15, 0.2) is 42.5 Å². The number of para-hydroxylation sites is 1. The molecule has 2 heterocycles. The van der Waals surface area contributed by atoms with Crippen molar-refractivity contribution in [1.29, 1.82) is 0 Å². The first-order valence-electron chi connectivity index (χ1n) is 13.2. The number of likely N-dealkylation sites (tertiary alicyclic amines) is 2. The fourth-order valence-corrected chi connectivity index (χ4v) is 4.95.